The van der Waals surface area contributed by atoms with Crippen molar-refractivity contribution in [2.45, 2.75) is 30.2 Å². The van der Waals surface area contributed by atoms with Crippen LogP contribution in [0, 0.1) is 0 Å². The van der Waals surface area contributed by atoms with Gasteiger partial charge in [0.05, 0.1) is 17.2 Å². The molecule has 2 aromatic rings. The summed E-state index contributed by atoms with van der Waals surface area (Å²) in [7, 11) is 1.85. The molecule has 1 aliphatic carbocycles. The zero-order chi connectivity index (χ0) is 12.6. The van der Waals surface area contributed by atoms with Crippen molar-refractivity contribution in [2.24, 2.45) is 0 Å². The van der Waals surface area contributed by atoms with Crippen LogP contribution in [0.25, 0.3) is 11.0 Å². The molecule has 0 radical (unpaired) electrons. The zero-order valence-electron chi connectivity index (χ0n) is 10.5. The molecular formula is C13H16N4S. The average Bonchev–Trinajstić information content (AvgIpc) is 3.14. The van der Waals surface area contributed by atoms with Gasteiger partial charge in [-0.05, 0) is 49.9 Å². The number of nitrogens with zero attached hydrogens (tertiary/aromatic N) is 2. The third-order valence-corrected chi connectivity index (χ3v) is 4.27. The minimum atomic E-state index is 0.331. The molecule has 0 aliphatic heterocycles. The molecule has 3 rings (SSSR count). The first-order valence-electron chi connectivity index (χ1n) is 6.07. The lowest BCUT2D eigenvalue weighted by Gasteiger charge is -2.10. The molecular weight excluding hydrogens is 244 g/mol. The monoisotopic (exact) mass is 260 g/mol. The van der Waals surface area contributed by atoms with E-state index in [0.29, 0.717) is 5.54 Å². The number of hydrogen-bond acceptors (Lipinski definition) is 5. The quantitative estimate of drug-likeness (QED) is 0.828. The Balaban J connectivity index is 1.84. The van der Waals surface area contributed by atoms with Crippen LogP contribution in [0.3, 0.4) is 0 Å². The average molecular weight is 260 g/mol. The summed E-state index contributed by atoms with van der Waals surface area (Å²) in [6, 6.07) is 6.17. The van der Waals surface area contributed by atoms with Gasteiger partial charge in [0, 0.05) is 17.5 Å². The summed E-state index contributed by atoms with van der Waals surface area (Å²) in [6.07, 6.45) is 4.27. The van der Waals surface area contributed by atoms with Crippen molar-refractivity contribution in [3.63, 3.8) is 0 Å². The predicted molar refractivity (Wildman–Crippen MR) is 75.7 cm³/mol. The number of hydrogen-bond donors (Lipinski definition) is 2. The van der Waals surface area contributed by atoms with Gasteiger partial charge in [-0.25, -0.2) is 4.98 Å². The highest BCUT2D eigenvalue weighted by molar-refractivity contribution is 7.97. The number of fused-ring (bicyclic) bond motifs is 1. The van der Waals surface area contributed by atoms with Crippen LogP contribution in [0.5, 0.6) is 0 Å². The molecule has 1 heterocycles. The summed E-state index contributed by atoms with van der Waals surface area (Å²) in [6.45, 7) is 2.25. The molecule has 0 saturated heterocycles. The first-order chi connectivity index (χ1) is 8.68. The van der Waals surface area contributed by atoms with Gasteiger partial charge in [0.2, 0.25) is 0 Å². The van der Waals surface area contributed by atoms with Crippen LogP contribution in [0.1, 0.15) is 19.8 Å². The largest absolute Gasteiger partial charge is 0.372 e. The van der Waals surface area contributed by atoms with E-state index in [2.05, 4.69) is 39.1 Å². The van der Waals surface area contributed by atoms with Crippen molar-refractivity contribution in [3.05, 3.63) is 24.4 Å². The van der Waals surface area contributed by atoms with E-state index in [1.165, 1.54) is 17.7 Å². The third kappa shape index (κ3) is 2.42. The van der Waals surface area contributed by atoms with Gasteiger partial charge in [0.1, 0.15) is 5.82 Å². The van der Waals surface area contributed by atoms with Gasteiger partial charge in [0.15, 0.2) is 0 Å². The van der Waals surface area contributed by atoms with Crippen LogP contribution in [0.15, 0.2) is 29.3 Å². The number of nitrogens with one attached hydrogen (secondary N) is 2. The lowest BCUT2D eigenvalue weighted by atomic mass is 10.3. The Bertz CT molecular complexity index is 580. The topological polar surface area (TPSA) is 49.8 Å². The van der Waals surface area contributed by atoms with Gasteiger partial charge in [-0.2, -0.15) is 0 Å². The number of anilines is 1. The Labute approximate surface area is 111 Å². The molecule has 5 heteroatoms. The van der Waals surface area contributed by atoms with E-state index in [9.17, 15) is 0 Å². The van der Waals surface area contributed by atoms with Crippen LogP contribution in [0.2, 0.25) is 0 Å². The lowest BCUT2D eigenvalue weighted by Crippen LogP contribution is -2.19. The molecule has 0 atom stereocenters. The number of aromatic nitrogens is 2. The Morgan fingerprint density at radius 1 is 1.28 bits per heavy atom. The summed E-state index contributed by atoms with van der Waals surface area (Å²) in [4.78, 5) is 10.0. The van der Waals surface area contributed by atoms with Crippen LogP contribution in [0.4, 0.5) is 5.82 Å². The lowest BCUT2D eigenvalue weighted by molar-refractivity contribution is 0.701. The molecule has 2 N–H and O–H groups in total. The zero-order valence-corrected chi connectivity index (χ0v) is 11.3. The Morgan fingerprint density at radius 3 is 2.83 bits per heavy atom. The van der Waals surface area contributed by atoms with Crippen molar-refractivity contribution >= 4 is 28.8 Å². The van der Waals surface area contributed by atoms with Crippen molar-refractivity contribution in [2.75, 3.05) is 12.4 Å². The van der Waals surface area contributed by atoms with Crippen molar-refractivity contribution < 1.29 is 0 Å². The maximum Gasteiger partial charge on any atom is 0.144 e. The fraction of sp³-hybridized carbons (Fsp3) is 0.385. The fourth-order valence-electron chi connectivity index (χ4n) is 1.65. The molecule has 0 bridgehead atoms. The van der Waals surface area contributed by atoms with Crippen molar-refractivity contribution in [1.29, 1.82) is 0 Å². The second-order valence-electron chi connectivity index (χ2n) is 4.92. The molecule has 0 unspecified atom stereocenters. The smallest absolute Gasteiger partial charge is 0.144 e. The van der Waals surface area contributed by atoms with E-state index in [0.717, 1.165) is 16.9 Å². The van der Waals surface area contributed by atoms with Crippen molar-refractivity contribution in [1.82, 2.24) is 14.7 Å². The second-order valence-corrected chi connectivity index (χ2v) is 5.80. The van der Waals surface area contributed by atoms with E-state index < -0.39 is 0 Å². The van der Waals surface area contributed by atoms with Crippen LogP contribution < -0.4 is 10.0 Å². The maximum absolute atomic E-state index is 4.50. The standard InChI is InChI=1S/C13H16N4S/c1-13(5-6-13)17-18-9-3-4-10-11(7-9)16-12(14-2)8-15-10/h3-4,7-8,17H,5-6H2,1-2H3,(H,14,16). The Hall–Kier alpha value is -1.33. The molecule has 18 heavy (non-hydrogen) atoms. The first-order valence-corrected chi connectivity index (χ1v) is 6.89. The predicted octanol–water partition coefficient (Wildman–Crippen LogP) is 2.82. The second kappa shape index (κ2) is 4.40. The van der Waals surface area contributed by atoms with Gasteiger partial charge in [-0.1, -0.05) is 0 Å². The van der Waals surface area contributed by atoms with Crippen LogP contribution >= 0.6 is 11.9 Å². The van der Waals surface area contributed by atoms with Crippen molar-refractivity contribution in [3.8, 4) is 0 Å². The first kappa shape index (κ1) is 11.7. The third-order valence-electron chi connectivity index (χ3n) is 3.19. The summed E-state index contributed by atoms with van der Waals surface area (Å²) < 4.78 is 3.50. The van der Waals surface area contributed by atoms with Gasteiger partial charge in [0.25, 0.3) is 0 Å². The highest BCUT2D eigenvalue weighted by Crippen LogP contribution is 2.37. The van der Waals surface area contributed by atoms with E-state index in [1.807, 2.05) is 13.1 Å². The highest BCUT2D eigenvalue weighted by atomic mass is 32.2. The van der Waals surface area contributed by atoms with Gasteiger partial charge >= 0.3 is 0 Å². The maximum atomic E-state index is 4.50. The molecule has 4 nitrogen and oxygen atoms in total. The van der Waals surface area contributed by atoms with E-state index in [1.54, 1.807) is 18.1 Å². The van der Waals surface area contributed by atoms with Gasteiger partial charge < -0.3 is 5.32 Å². The summed E-state index contributed by atoms with van der Waals surface area (Å²) in [5.74, 6) is 0.798. The highest BCUT2D eigenvalue weighted by Gasteiger charge is 2.36. The number of benzene rings is 1. The number of rotatable bonds is 4. The van der Waals surface area contributed by atoms with Crippen LogP contribution in [-0.2, 0) is 0 Å². The molecule has 1 aliphatic rings. The van der Waals surface area contributed by atoms with E-state index in [-0.39, 0.29) is 0 Å². The minimum absolute atomic E-state index is 0.331. The van der Waals surface area contributed by atoms with E-state index in [4.69, 9.17) is 0 Å². The fourth-order valence-corrected chi connectivity index (χ4v) is 2.52. The molecule has 1 fully saturated rings. The Morgan fingerprint density at radius 2 is 2.11 bits per heavy atom. The van der Waals surface area contributed by atoms with Crippen LogP contribution in [-0.4, -0.2) is 22.6 Å². The van der Waals surface area contributed by atoms with E-state index >= 15 is 0 Å². The molecule has 0 amide bonds. The molecule has 1 aromatic heterocycles. The summed E-state index contributed by atoms with van der Waals surface area (Å²) in [5, 5.41) is 3.01. The molecule has 0 spiro atoms. The summed E-state index contributed by atoms with van der Waals surface area (Å²) in [5.41, 5.74) is 2.18. The molecule has 1 saturated carbocycles. The normalized spacial score (nSPS) is 16.8. The Kier molecular flexibility index (Phi) is 2.87. The minimum Gasteiger partial charge on any atom is -0.372 e. The SMILES string of the molecule is CNc1cnc2ccc(SNC3(C)CC3)cc2n1. The summed E-state index contributed by atoms with van der Waals surface area (Å²) >= 11 is 1.68. The van der Waals surface area contributed by atoms with Gasteiger partial charge in [-0.15, -0.1) is 0 Å². The molecule has 1 aromatic carbocycles. The van der Waals surface area contributed by atoms with Gasteiger partial charge in [-0.3, -0.25) is 9.71 Å². The molecule has 94 valence electrons.